The molecule has 6 rings (SSSR count). The Labute approximate surface area is 229 Å². The fourth-order valence-electron chi connectivity index (χ4n) is 5.95. The SMILES string of the molecule is CC(C)(C(=O)N[C@]12CCC[C@@H]1N(C(=O)c1c[nH]c3nc(-c4ccccc4)ccc13)CC2)c1ncc(Br)cn1. The summed E-state index contributed by atoms with van der Waals surface area (Å²) in [4.78, 5) is 46.0. The number of H-pyrrole nitrogens is 1. The van der Waals surface area contributed by atoms with E-state index in [0.29, 0.717) is 23.6 Å². The number of pyridine rings is 1. The van der Waals surface area contributed by atoms with Crippen LogP contribution in [-0.2, 0) is 10.2 Å². The van der Waals surface area contributed by atoms with Gasteiger partial charge < -0.3 is 15.2 Å². The van der Waals surface area contributed by atoms with Crippen LogP contribution in [0.3, 0.4) is 0 Å². The fraction of sp³-hybridized carbons (Fsp3) is 0.345. The van der Waals surface area contributed by atoms with Crippen molar-refractivity contribution >= 4 is 38.8 Å². The summed E-state index contributed by atoms with van der Waals surface area (Å²) in [5, 5.41) is 4.16. The maximum Gasteiger partial charge on any atom is 0.256 e. The van der Waals surface area contributed by atoms with Crippen molar-refractivity contribution < 1.29 is 9.59 Å². The monoisotopic (exact) mass is 572 g/mol. The largest absolute Gasteiger partial charge is 0.348 e. The topological polar surface area (TPSA) is 104 Å². The minimum absolute atomic E-state index is 0.0240. The van der Waals surface area contributed by atoms with Crippen molar-refractivity contribution in [2.75, 3.05) is 6.54 Å². The van der Waals surface area contributed by atoms with Crippen LogP contribution in [0.1, 0.15) is 55.7 Å². The Balaban J connectivity index is 1.24. The number of amides is 2. The molecule has 9 heteroatoms. The number of nitrogens with zero attached hydrogens (tertiary/aromatic N) is 4. The minimum atomic E-state index is -0.904. The number of aromatic nitrogens is 4. The highest BCUT2D eigenvalue weighted by molar-refractivity contribution is 9.10. The number of aromatic amines is 1. The molecule has 3 aromatic heterocycles. The van der Waals surface area contributed by atoms with Gasteiger partial charge in [-0.1, -0.05) is 30.3 Å². The van der Waals surface area contributed by atoms with Crippen LogP contribution in [0.25, 0.3) is 22.3 Å². The number of benzene rings is 1. The number of nitrogens with one attached hydrogen (secondary N) is 2. The molecule has 1 aliphatic heterocycles. The van der Waals surface area contributed by atoms with Crippen LogP contribution in [0.5, 0.6) is 0 Å². The van der Waals surface area contributed by atoms with Gasteiger partial charge in [0.25, 0.3) is 5.91 Å². The molecule has 2 N–H and O–H groups in total. The first kappa shape index (κ1) is 24.7. The summed E-state index contributed by atoms with van der Waals surface area (Å²) < 4.78 is 0.764. The number of hydrogen-bond acceptors (Lipinski definition) is 5. The Hall–Kier alpha value is -3.59. The lowest BCUT2D eigenvalue weighted by molar-refractivity contribution is -0.128. The van der Waals surface area contributed by atoms with E-state index in [-0.39, 0.29) is 17.9 Å². The van der Waals surface area contributed by atoms with Crippen LogP contribution in [0.15, 0.2) is 65.5 Å². The van der Waals surface area contributed by atoms with Crippen molar-refractivity contribution in [1.82, 2.24) is 30.2 Å². The smallest absolute Gasteiger partial charge is 0.256 e. The number of fused-ring (bicyclic) bond motifs is 2. The van der Waals surface area contributed by atoms with Crippen LogP contribution in [0, 0.1) is 0 Å². The molecular formula is C29H29BrN6O2. The molecular weight excluding hydrogens is 544 g/mol. The number of hydrogen-bond donors (Lipinski definition) is 2. The van der Waals surface area contributed by atoms with Gasteiger partial charge in [-0.05, 0) is 67.6 Å². The third-order valence-electron chi connectivity index (χ3n) is 8.12. The van der Waals surface area contributed by atoms with E-state index in [4.69, 9.17) is 4.98 Å². The Bertz CT molecular complexity index is 1520. The summed E-state index contributed by atoms with van der Waals surface area (Å²) in [7, 11) is 0. The Morgan fingerprint density at radius 1 is 1.11 bits per heavy atom. The van der Waals surface area contributed by atoms with E-state index in [9.17, 15) is 9.59 Å². The van der Waals surface area contributed by atoms with E-state index in [2.05, 4.69) is 36.2 Å². The van der Waals surface area contributed by atoms with Gasteiger partial charge in [0.05, 0.1) is 27.3 Å². The number of halogens is 1. The molecule has 4 heterocycles. The van der Waals surface area contributed by atoms with Gasteiger partial charge in [-0.3, -0.25) is 9.59 Å². The first-order valence-corrected chi connectivity index (χ1v) is 13.7. The van der Waals surface area contributed by atoms with Gasteiger partial charge in [0.1, 0.15) is 16.9 Å². The summed E-state index contributed by atoms with van der Waals surface area (Å²) in [5.41, 5.74) is 1.85. The quantitative estimate of drug-likeness (QED) is 0.349. The maximum absolute atomic E-state index is 13.8. The van der Waals surface area contributed by atoms with Gasteiger partial charge in [-0.25, -0.2) is 15.0 Å². The van der Waals surface area contributed by atoms with Gasteiger partial charge in [0, 0.05) is 36.1 Å². The van der Waals surface area contributed by atoms with Crippen molar-refractivity contribution in [3.05, 3.63) is 76.9 Å². The second-order valence-electron chi connectivity index (χ2n) is 10.8. The molecule has 4 aromatic rings. The van der Waals surface area contributed by atoms with Crippen LogP contribution >= 0.6 is 15.9 Å². The average Bonchev–Trinajstić information content (AvgIpc) is 3.62. The van der Waals surface area contributed by atoms with Gasteiger partial charge in [0.15, 0.2) is 0 Å². The number of carbonyl (C=O) groups is 2. The predicted molar refractivity (Wildman–Crippen MR) is 148 cm³/mol. The highest BCUT2D eigenvalue weighted by Gasteiger charge is 2.54. The molecule has 1 saturated carbocycles. The second-order valence-corrected chi connectivity index (χ2v) is 11.7. The summed E-state index contributed by atoms with van der Waals surface area (Å²) >= 11 is 3.35. The summed E-state index contributed by atoms with van der Waals surface area (Å²) in [6.45, 7) is 4.28. The molecule has 194 valence electrons. The van der Waals surface area contributed by atoms with E-state index in [1.165, 1.54) is 0 Å². The summed E-state index contributed by atoms with van der Waals surface area (Å²) in [5.74, 6) is 0.325. The Morgan fingerprint density at radius 2 is 1.87 bits per heavy atom. The molecule has 1 aromatic carbocycles. The highest BCUT2D eigenvalue weighted by Crippen LogP contribution is 2.43. The molecule has 1 aliphatic carbocycles. The maximum atomic E-state index is 13.8. The molecule has 8 nitrogen and oxygen atoms in total. The van der Waals surface area contributed by atoms with E-state index >= 15 is 0 Å². The standard InChI is InChI=1S/C29H29BrN6O2/c1-28(2,26-32-15-19(30)16-33-26)27(38)35-29-12-6-9-23(29)36(14-13-29)25(37)21-17-31-24-20(21)10-11-22(34-24)18-7-4-3-5-8-18/h3-5,7-8,10-11,15-17,23H,6,9,12-14H2,1-2H3,(H,31,34)(H,35,38)/t23-,29-/m0/s1. The number of carbonyl (C=O) groups excluding carboxylic acids is 2. The van der Waals surface area contributed by atoms with Gasteiger partial charge in [0.2, 0.25) is 5.91 Å². The molecule has 2 atom stereocenters. The lowest BCUT2D eigenvalue weighted by atomic mass is 9.86. The first-order chi connectivity index (χ1) is 18.3. The van der Waals surface area contributed by atoms with Crippen LogP contribution < -0.4 is 5.32 Å². The van der Waals surface area contributed by atoms with Crippen LogP contribution in [0.2, 0.25) is 0 Å². The predicted octanol–water partition coefficient (Wildman–Crippen LogP) is 5.01. The number of rotatable bonds is 5. The lowest BCUT2D eigenvalue weighted by Crippen LogP contribution is -2.58. The van der Waals surface area contributed by atoms with E-state index in [1.807, 2.05) is 61.2 Å². The van der Waals surface area contributed by atoms with E-state index < -0.39 is 11.0 Å². The molecule has 2 amide bonds. The Morgan fingerprint density at radius 3 is 2.63 bits per heavy atom. The average molecular weight is 573 g/mol. The summed E-state index contributed by atoms with van der Waals surface area (Å²) in [6.07, 6.45) is 8.47. The lowest BCUT2D eigenvalue weighted by Gasteiger charge is -2.36. The molecule has 0 unspecified atom stereocenters. The first-order valence-electron chi connectivity index (χ1n) is 12.9. The molecule has 1 saturated heterocycles. The fourth-order valence-corrected chi connectivity index (χ4v) is 6.16. The Kier molecular flexibility index (Phi) is 6.06. The van der Waals surface area contributed by atoms with E-state index in [0.717, 1.165) is 46.8 Å². The summed E-state index contributed by atoms with van der Waals surface area (Å²) in [6, 6.07) is 13.9. The van der Waals surface area contributed by atoms with Crippen molar-refractivity contribution in [2.24, 2.45) is 0 Å². The molecule has 0 spiro atoms. The minimum Gasteiger partial charge on any atom is -0.348 e. The van der Waals surface area contributed by atoms with Gasteiger partial charge in [-0.15, -0.1) is 0 Å². The number of likely N-dealkylation sites (tertiary alicyclic amines) is 1. The van der Waals surface area contributed by atoms with E-state index in [1.54, 1.807) is 18.6 Å². The molecule has 0 bridgehead atoms. The molecule has 0 radical (unpaired) electrons. The third kappa shape index (κ3) is 4.09. The van der Waals surface area contributed by atoms with Crippen molar-refractivity contribution in [2.45, 2.75) is 56.5 Å². The zero-order valence-corrected chi connectivity index (χ0v) is 23.0. The normalized spacial score (nSPS) is 21.0. The van der Waals surface area contributed by atoms with Gasteiger partial charge >= 0.3 is 0 Å². The van der Waals surface area contributed by atoms with Crippen molar-refractivity contribution in [3.63, 3.8) is 0 Å². The van der Waals surface area contributed by atoms with Crippen molar-refractivity contribution in [1.29, 1.82) is 0 Å². The van der Waals surface area contributed by atoms with Crippen LogP contribution in [0.4, 0.5) is 0 Å². The third-order valence-corrected chi connectivity index (χ3v) is 8.53. The molecule has 38 heavy (non-hydrogen) atoms. The molecule has 2 fully saturated rings. The zero-order valence-electron chi connectivity index (χ0n) is 21.4. The van der Waals surface area contributed by atoms with Gasteiger partial charge in [-0.2, -0.15) is 0 Å². The highest BCUT2D eigenvalue weighted by atomic mass is 79.9. The zero-order chi connectivity index (χ0) is 26.5. The molecule has 2 aliphatic rings. The van der Waals surface area contributed by atoms with Crippen molar-refractivity contribution in [3.8, 4) is 11.3 Å². The van der Waals surface area contributed by atoms with Crippen LogP contribution in [-0.4, -0.2) is 54.8 Å². The second kappa shape index (κ2) is 9.31.